The van der Waals surface area contributed by atoms with Crippen LogP contribution in [0.15, 0.2) is 48.5 Å². The van der Waals surface area contributed by atoms with Crippen LogP contribution in [0.5, 0.6) is 0 Å². The van der Waals surface area contributed by atoms with Crippen LogP contribution < -0.4 is 26.6 Å². The van der Waals surface area contributed by atoms with Crippen molar-refractivity contribution < 1.29 is 53.2 Å². The SMILES string of the molecule is CC[C@H](C)[C@H](NC(=O)[C@H](CCSC)NC(=O)[C@H](COC(C)(C)C)NC(=O)OCC1c2ccccc2-c2ccccc21)C(=O)N[C@@H](CC(C)C)C(=O)N[C@@H](CCC(=O)O)C(=O)O. The van der Waals surface area contributed by atoms with Crippen molar-refractivity contribution in [2.75, 3.05) is 25.2 Å². The van der Waals surface area contributed by atoms with Gasteiger partial charge >= 0.3 is 18.0 Å². The van der Waals surface area contributed by atoms with Gasteiger partial charge in [0.05, 0.1) is 12.2 Å². The van der Waals surface area contributed by atoms with Crippen molar-refractivity contribution in [2.45, 2.75) is 122 Å². The second-order valence-electron chi connectivity index (χ2n) is 16.7. The molecule has 336 valence electrons. The van der Waals surface area contributed by atoms with Crippen molar-refractivity contribution >= 4 is 53.4 Å². The van der Waals surface area contributed by atoms with E-state index in [1.165, 1.54) is 11.8 Å². The van der Waals surface area contributed by atoms with Crippen LogP contribution in [0.3, 0.4) is 0 Å². The lowest BCUT2D eigenvalue weighted by atomic mass is 9.96. The van der Waals surface area contributed by atoms with Crippen molar-refractivity contribution in [2.24, 2.45) is 11.8 Å². The highest BCUT2D eigenvalue weighted by Crippen LogP contribution is 2.44. The maximum Gasteiger partial charge on any atom is 0.407 e. The molecular formula is C44H63N5O11S. The number of thioether (sulfide) groups is 1. The molecule has 1 aliphatic carbocycles. The van der Waals surface area contributed by atoms with Gasteiger partial charge < -0.3 is 46.3 Å². The first kappa shape index (κ1) is 50.2. The van der Waals surface area contributed by atoms with Crippen LogP contribution in [0, 0.1) is 11.8 Å². The Morgan fingerprint density at radius 1 is 0.721 bits per heavy atom. The third-order valence-corrected chi connectivity index (χ3v) is 10.9. The number of carboxylic acid groups (broad SMARTS) is 2. The zero-order valence-electron chi connectivity index (χ0n) is 36.4. The molecule has 0 aliphatic heterocycles. The molecule has 1 aliphatic rings. The van der Waals surface area contributed by atoms with Crippen molar-refractivity contribution in [1.82, 2.24) is 26.6 Å². The minimum atomic E-state index is -1.50. The van der Waals surface area contributed by atoms with Gasteiger partial charge in [-0.15, -0.1) is 0 Å². The molecule has 16 nitrogen and oxygen atoms in total. The van der Waals surface area contributed by atoms with Gasteiger partial charge in [0.25, 0.3) is 0 Å². The van der Waals surface area contributed by atoms with Crippen molar-refractivity contribution in [3.63, 3.8) is 0 Å². The Morgan fingerprint density at radius 2 is 1.26 bits per heavy atom. The highest BCUT2D eigenvalue weighted by Gasteiger charge is 2.36. The van der Waals surface area contributed by atoms with E-state index in [1.807, 2.05) is 61.7 Å². The fourth-order valence-electron chi connectivity index (χ4n) is 6.79. The predicted octanol–water partition coefficient (Wildman–Crippen LogP) is 4.44. The number of alkyl carbamates (subject to hydrolysis) is 1. The molecule has 2 aromatic rings. The molecule has 6 atom stereocenters. The third kappa shape index (κ3) is 15.7. The summed E-state index contributed by atoms with van der Waals surface area (Å²) in [6, 6.07) is 9.50. The number of amides is 5. The van der Waals surface area contributed by atoms with E-state index in [1.54, 1.807) is 41.5 Å². The van der Waals surface area contributed by atoms with Gasteiger partial charge in [0, 0.05) is 12.3 Å². The van der Waals surface area contributed by atoms with Crippen LogP contribution in [0.2, 0.25) is 0 Å². The minimum Gasteiger partial charge on any atom is -0.481 e. The monoisotopic (exact) mass is 869 g/mol. The van der Waals surface area contributed by atoms with E-state index in [-0.39, 0.29) is 44.3 Å². The number of carbonyl (C=O) groups is 7. The summed E-state index contributed by atoms with van der Waals surface area (Å²) in [5, 5.41) is 31.8. The van der Waals surface area contributed by atoms with Crippen molar-refractivity contribution in [3.8, 4) is 11.1 Å². The quantitative estimate of drug-likeness (QED) is 0.0776. The van der Waals surface area contributed by atoms with E-state index in [0.29, 0.717) is 12.2 Å². The Bertz CT molecular complexity index is 1810. The Kier molecular flexibility index (Phi) is 19.5. The zero-order valence-corrected chi connectivity index (χ0v) is 37.2. The average molecular weight is 870 g/mol. The van der Waals surface area contributed by atoms with Crippen LogP contribution in [-0.4, -0.2) is 113 Å². The molecule has 7 N–H and O–H groups in total. The zero-order chi connectivity index (χ0) is 45.4. The van der Waals surface area contributed by atoms with Gasteiger partial charge in [-0.25, -0.2) is 9.59 Å². The molecule has 0 radical (unpaired) electrons. The maximum atomic E-state index is 14.0. The number of fused-ring (bicyclic) bond motifs is 3. The van der Waals surface area contributed by atoms with Gasteiger partial charge in [0.2, 0.25) is 23.6 Å². The number of nitrogens with one attached hydrogen (secondary N) is 5. The summed E-state index contributed by atoms with van der Waals surface area (Å²) in [6.45, 7) is 12.3. The van der Waals surface area contributed by atoms with Gasteiger partial charge in [-0.1, -0.05) is 82.6 Å². The Labute approximate surface area is 362 Å². The van der Waals surface area contributed by atoms with Gasteiger partial charge in [-0.3, -0.25) is 24.0 Å². The Morgan fingerprint density at radius 3 is 1.79 bits per heavy atom. The topological polar surface area (TPSA) is 239 Å². The van der Waals surface area contributed by atoms with Crippen LogP contribution in [0.4, 0.5) is 4.79 Å². The Balaban J connectivity index is 1.78. The highest BCUT2D eigenvalue weighted by atomic mass is 32.2. The van der Waals surface area contributed by atoms with Crippen LogP contribution in [0.25, 0.3) is 11.1 Å². The number of aliphatic carboxylic acids is 2. The van der Waals surface area contributed by atoms with Gasteiger partial charge in [-0.05, 0) is 86.1 Å². The number of benzene rings is 2. The summed E-state index contributed by atoms with van der Waals surface area (Å²) in [5.41, 5.74) is 3.47. The molecular weight excluding hydrogens is 807 g/mol. The number of hydrogen-bond donors (Lipinski definition) is 7. The molecule has 0 aromatic heterocycles. The number of ether oxygens (including phenoxy) is 2. The maximum absolute atomic E-state index is 14.0. The summed E-state index contributed by atoms with van der Waals surface area (Å²) < 4.78 is 11.6. The lowest BCUT2D eigenvalue weighted by molar-refractivity contribution is -0.143. The summed E-state index contributed by atoms with van der Waals surface area (Å²) in [5.74, 6) is -5.90. The van der Waals surface area contributed by atoms with E-state index < -0.39 is 89.8 Å². The lowest BCUT2D eigenvalue weighted by Gasteiger charge is -2.30. The van der Waals surface area contributed by atoms with E-state index >= 15 is 0 Å². The molecule has 0 unspecified atom stereocenters. The smallest absolute Gasteiger partial charge is 0.407 e. The van der Waals surface area contributed by atoms with E-state index in [2.05, 4.69) is 26.6 Å². The van der Waals surface area contributed by atoms with Crippen LogP contribution >= 0.6 is 11.8 Å². The summed E-state index contributed by atoms with van der Waals surface area (Å²) in [4.78, 5) is 91.5. The summed E-state index contributed by atoms with van der Waals surface area (Å²) in [6.07, 6.45) is 0.842. The standard InChI is InChI=1S/C44H63N5O11S/c1-9-26(4)37(41(55)47-34(22-25(2)3)39(53)46-33(42(56)57)18-19-36(50)51)49-38(52)32(20-21-61-8)45-40(54)35(24-60-44(5,6)7)48-43(58)59-23-31-29-16-12-10-14-27(29)28-15-11-13-17-30(28)31/h10-17,25-26,31-35,37H,9,18-24H2,1-8H3,(H,45,54)(H,46,53)(H,47,55)(H,48,58)(H,49,52)(H,50,51)(H,56,57)/t26-,32-,33-,34-,35-,37-/m0/s1. The number of carbonyl (C=O) groups excluding carboxylic acids is 5. The van der Waals surface area contributed by atoms with Crippen molar-refractivity contribution in [1.29, 1.82) is 0 Å². The van der Waals surface area contributed by atoms with Crippen LogP contribution in [-0.2, 0) is 38.2 Å². The molecule has 0 saturated carbocycles. The first-order valence-electron chi connectivity index (χ1n) is 20.7. The van der Waals surface area contributed by atoms with E-state index in [9.17, 15) is 38.7 Å². The molecule has 17 heteroatoms. The van der Waals surface area contributed by atoms with Crippen molar-refractivity contribution in [3.05, 3.63) is 59.7 Å². The molecule has 0 heterocycles. The number of hydrogen-bond acceptors (Lipinski definition) is 10. The molecule has 61 heavy (non-hydrogen) atoms. The lowest BCUT2D eigenvalue weighted by Crippen LogP contribution is -2.60. The second kappa shape index (κ2) is 23.7. The van der Waals surface area contributed by atoms with E-state index in [4.69, 9.17) is 14.6 Å². The molecule has 3 rings (SSSR count). The first-order valence-corrected chi connectivity index (χ1v) is 22.1. The summed E-state index contributed by atoms with van der Waals surface area (Å²) >= 11 is 1.44. The largest absolute Gasteiger partial charge is 0.481 e. The Hall–Kier alpha value is -5.16. The van der Waals surface area contributed by atoms with Gasteiger partial charge in [0.15, 0.2) is 0 Å². The molecule has 0 bridgehead atoms. The van der Waals surface area contributed by atoms with Gasteiger partial charge in [-0.2, -0.15) is 11.8 Å². The highest BCUT2D eigenvalue weighted by molar-refractivity contribution is 7.98. The molecule has 2 aromatic carbocycles. The van der Waals surface area contributed by atoms with Crippen LogP contribution in [0.1, 0.15) is 97.6 Å². The fourth-order valence-corrected chi connectivity index (χ4v) is 7.26. The minimum absolute atomic E-state index is 0.0106. The second-order valence-corrected chi connectivity index (χ2v) is 17.7. The average Bonchev–Trinajstić information content (AvgIpc) is 3.52. The van der Waals surface area contributed by atoms with Gasteiger partial charge in [0.1, 0.15) is 36.8 Å². The first-order chi connectivity index (χ1) is 28.8. The molecule has 0 saturated heterocycles. The molecule has 0 spiro atoms. The molecule has 5 amide bonds. The normalized spacial score (nSPS) is 15.2. The van der Waals surface area contributed by atoms with E-state index in [0.717, 1.165) is 22.3 Å². The fraction of sp³-hybridized carbons (Fsp3) is 0.568. The number of carboxylic acids is 2. The third-order valence-electron chi connectivity index (χ3n) is 10.3. The molecule has 0 fully saturated rings. The predicted molar refractivity (Wildman–Crippen MR) is 232 cm³/mol. The summed E-state index contributed by atoms with van der Waals surface area (Å²) in [7, 11) is 0. The number of rotatable bonds is 24.